The van der Waals surface area contributed by atoms with Crippen LogP contribution in [0.2, 0.25) is 10.0 Å². The molecule has 0 spiro atoms. The van der Waals surface area contributed by atoms with E-state index in [-0.39, 0.29) is 5.75 Å². The van der Waals surface area contributed by atoms with Gasteiger partial charge in [-0.25, -0.2) is 9.97 Å². The molecule has 0 saturated carbocycles. The van der Waals surface area contributed by atoms with Crippen molar-refractivity contribution in [1.82, 2.24) is 9.97 Å². The smallest absolute Gasteiger partial charge is 0.147 e. The number of halogens is 2. The maximum absolute atomic E-state index is 11.0. The second-order valence-electron chi connectivity index (χ2n) is 6.46. The Bertz CT molecular complexity index is 1150. The summed E-state index contributed by atoms with van der Waals surface area (Å²) >= 11 is 12.8. The van der Waals surface area contributed by atoms with Crippen molar-refractivity contribution in [2.75, 3.05) is 5.32 Å². The highest BCUT2D eigenvalue weighted by Crippen LogP contribution is 2.40. The zero-order valence-corrected chi connectivity index (χ0v) is 16.5. The minimum atomic E-state index is -0.465. The van der Waals surface area contributed by atoms with Crippen LogP contribution in [-0.4, -0.2) is 15.1 Å². The molecule has 6 heteroatoms. The molecule has 2 heterocycles. The van der Waals surface area contributed by atoms with Crippen molar-refractivity contribution in [1.29, 1.82) is 0 Å². The minimum absolute atomic E-state index is 0.102. The molecule has 0 saturated heterocycles. The fourth-order valence-electron chi connectivity index (χ4n) is 3.18. The summed E-state index contributed by atoms with van der Waals surface area (Å²) < 4.78 is 0. The van der Waals surface area contributed by atoms with E-state index < -0.39 is 6.04 Å². The van der Waals surface area contributed by atoms with Crippen molar-refractivity contribution < 1.29 is 5.11 Å². The molecule has 0 radical (unpaired) electrons. The highest BCUT2D eigenvalue weighted by Gasteiger charge is 2.23. The van der Waals surface area contributed by atoms with Gasteiger partial charge in [-0.2, -0.15) is 0 Å². The van der Waals surface area contributed by atoms with Crippen LogP contribution in [-0.2, 0) is 0 Å². The zero-order chi connectivity index (χ0) is 19.7. The van der Waals surface area contributed by atoms with Crippen LogP contribution in [0.4, 0.5) is 5.82 Å². The second kappa shape index (κ2) is 7.66. The number of phenols is 1. The van der Waals surface area contributed by atoms with Crippen molar-refractivity contribution >= 4 is 39.9 Å². The van der Waals surface area contributed by atoms with Crippen LogP contribution >= 0.6 is 23.2 Å². The van der Waals surface area contributed by atoms with E-state index in [1.54, 1.807) is 12.3 Å². The van der Waals surface area contributed by atoms with Gasteiger partial charge in [0.05, 0.1) is 16.1 Å². The number of anilines is 1. The van der Waals surface area contributed by atoms with Crippen molar-refractivity contribution in [2.24, 2.45) is 0 Å². The number of pyridine rings is 2. The van der Waals surface area contributed by atoms with Gasteiger partial charge in [0.2, 0.25) is 0 Å². The number of aromatic nitrogens is 2. The van der Waals surface area contributed by atoms with Crippen molar-refractivity contribution in [2.45, 2.75) is 13.0 Å². The van der Waals surface area contributed by atoms with E-state index in [2.05, 4.69) is 15.3 Å². The molecule has 0 bridgehead atoms. The number of fused-ring (bicyclic) bond motifs is 1. The van der Waals surface area contributed by atoms with Gasteiger partial charge in [0.15, 0.2) is 0 Å². The molecular weight excluding hydrogens is 393 g/mol. The lowest BCUT2D eigenvalue weighted by Crippen LogP contribution is -2.14. The van der Waals surface area contributed by atoms with E-state index in [1.807, 2.05) is 61.5 Å². The molecule has 2 aromatic heterocycles. The third-order valence-corrected chi connectivity index (χ3v) is 5.40. The van der Waals surface area contributed by atoms with E-state index in [0.717, 1.165) is 16.6 Å². The molecule has 1 unspecified atom stereocenters. The summed E-state index contributed by atoms with van der Waals surface area (Å²) in [5.41, 5.74) is 2.75. The summed E-state index contributed by atoms with van der Waals surface area (Å²) in [4.78, 5) is 8.85. The number of nitrogens with one attached hydrogen (secondary N) is 1. The third-order valence-electron chi connectivity index (χ3n) is 4.57. The number of phenolic OH excluding ortho intramolecular Hbond substituents is 1. The van der Waals surface area contributed by atoms with Crippen LogP contribution in [0.1, 0.15) is 22.9 Å². The summed E-state index contributed by atoms with van der Waals surface area (Å²) in [6.07, 6.45) is 1.70. The van der Waals surface area contributed by atoms with Crippen molar-refractivity contribution in [3.8, 4) is 5.75 Å². The molecule has 4 rings (SSSR count). The van der Waals surface area contributed by atoms with Gasteiger partial charge in [0, 0.05) is 22.8 Å². The number of rotatable bonds is 4. The Kier molecular flexibility index (Phi) is 5.07. The van der Waals surface area contributed by atoms with E-state index in [0.29, 0.717) is 26.9 Å². The van der Waals surface area contributed by atoms with Crippen LogP contribution < -0.4 is 5.32 Å². The number of aromatic hydroxyl groups is 1. The molecule has 0 aliphatic heterocycles. The Morgan fingerprint density at radius 1 is 0.929 bits per heavy atom. The highest BCUT2D eigenvalue weighted by atomic mass is 35.5. The molecule has 4 nitrogen and oxygen atoms in total. The lowest BCUT2D eigenvalue weighted by Gasteiger charge is -2.23. The zero-order valence-electron chi connectivity index (χ0n) is 15.0. The summed E-state index contributed by atoms with van der Waals surface area (Å²) in [5.74, 6) is 0.755. The SMILES string of the molecule is Cc1ccc2ccc(C(Nc3ccccn3)c3cccc(Cl)c3Cl)c(O)c2n1. The number of hydrogen-bond donors (Lipinski definition) is 2. The fraction of sp³-hybridized carbons (Fsp3) is 0.0909. The van der Waals surface area contributed by atoms with Gasteiger partial charge in [0.1, 0.15) is 17.1 Å². The summed E-state index contributed by atoms with van der Waals surface area (Å²) in [6.45, 7) is 1.89. The quantitative estimate of drug-likeness (QED) is 0.424. The third kappa shape index (κ3) is 3.49. The van der Waals surface area contributed by atoms with E-state index in [9.17, 15) is 5.11 Å². The number of hydrogen-bond acceptors (Lipinski definition) is 4. The number of aryl methyl sites for hydroxylation is 1. The predicted octanol–water partition coefficient (Wildman–Crippen LogP) is 6.15. The first kappa shape index (κ1) is 18.5. The average Bonchev–Trinajstić information content (AvgIpc) is 2.70. The van der Waals surface area contributed by atoms with Gasteiger partial charge < -0.3 is 10.4 Å². The molecular formula is C22H17Cl2N3O. The first-order valence-electron chi connectivity index (χ1n) is 8.75. The molecule has 0 amide bonds. The van der Waals surface area contributed by atoms with Crippen molar-refractivity contribution in [3.63, 3.8) is 0 Å². The second-order valence-corrected chi connectivity index (χ2v) is 7.25. The molecule has 1 atom stereocenters. The van der Waals surface area contributed by atoms with Gasteiger partial charge in [-0.3, -0.25) is 0 Å². The summed E-state index contributed by atoms with van der Waals surface area (Å²) in [7, 11) is 0. The van der Waals surface area contributed by atoms with Gasteiger partial charge in [-0.15, -0.1) is 0 Å². The largest absolute Gasteiger partial charge is 0.505 e. The minimum Gasteiger partial charge on any atom is -0.505 e. The standard InChI is InChI=1S/C22H17Cl2N3O/c1-13-8-9-14-10-11-16(22(28)20(14)26-13)21(27-18-7-2-3-12-25-18)15-5-4-6-17(23)19(15)24/h2-12,21,28H,1H3,(H,25,27). The molecule has 0 aliphatic rings. The van der Waals surface area contributed by atoms with E-state index >= 15 is 0 Å². The monoisotopic (exact) mass is 409 g/mol. The summed E-state index contributed by atoms with van der Waals surface area (Å²) in [5, 5.41) is 16.1. The van der Waals surface area contributed by atoms with Crippen LogP contribution in [0.5, 0.6) is 5.75 Å². The van der Waals surface area contributed by atoms with Crippen LogP contribution in [0.3, 0.4) is 0 Å². The highest BCUT2D eigenvalue weighted by molar-refractivity contribution is 6.42. The van der Waals surface area contributed by atoms with Gasteiger partial charge >= 0.3 is 0 Å². The molecule has 4 aromatic rings. The normalized spacial score (nSPS) is 12.1. The van der Waals surface area contributed by atoms with Crippen LogP contribution in [0.15, 0.2) is 66.9 Å². The average molecular weight is 410 g/mol. The predicted molar refractivity (Wildman–Crippen MR) is 114 cm³/mol. The molecule has 2 aromatic carbocycles. The molecule has 2 N–H and O–H groups in total. The van der Waals surface area contributed by atoms with Crippen molar-refractivity contribution in [3.05, 3.63) is 93.7 Å². The lowest BCUT2D eigenvalue weighted by atomic mass is 9.96. The maximum Gasteiger partial charge on any atom is 0.147 e. The van der Waals surface area contributed by atoms with Crippen LogP contribution in [0, 0.1) is 6.92 Å². The first-order valence-corrected chi connectivity index (χ1v) is 9.51. The van der Waals surface area contributed by atoms with Gasteiger partial charge in [0.25, 0.3) is 0 Å². The maximum atomic E-state index is 11.0. The molecule has 28 heavy (non-hydrogen) atoms. The Balaban J connectivity index is 1.91. The fourth-order valence-corrected chi connectivity index (χ4v) is 3.60. The van der Waals surface area contributed by atoms with E-state index in [1.165, 1.54) is 0 Å². The Hall–Kier alpha value is -2.82. The topological polar surface area (TPSA) is 58.0 Å². The Morgan fingerprint density at radius 2 is 1.75 bits per heavy atom. The molecule has 0 aliphatic carbocycles. The molecule has 0 fully saturated rings. The number of nitrogens with zero attached hydrogens (tertiary/aromatic N) is 2. The van der Waals surface area contributed by atoms with Gasteiger partial charge in [-0.1, -0.05) is 59.6 Å². The van der Waals surface area contributed by atoms with Gasteiger partial charge in [-0.05, 0) is 36.8 Å². The lowest BCUT2D eigenvalue weighted by molar-refractivity contribution is 0.471. The van der Waals surface area contributed by atoms with Crippen LogP contribution in [0.25, 0.3) is 10.9 Å². The van der Waals surface area contributed by atoms with E-state index in [4.69, 9.17) is 23.2 Å². The molecule has 140 valence electrons. The Morgan fingerprint density at radius 3 is 2.54 bits per heavy atom. The Labute approximate surface area is 172 Å². The summed E-state index contributed by atoms with van der Waals surface area (Å²) in [6, 6.07) is 18.2. The first-order chi connectivity index (χ1) is 13.5. The number of benzene rings is 2.